The fraction of sp³-hybridized carbons (Fsp3) is 0.571. The quantitative estimate of drug-likeness (QED) is 0.825. The van der Waals surface area contributed by atoms with Gasteiger partial charge in [-0.1, -0.05) is 18.2 Å². The van der Waals surface area contributed by atoms with Gasteiger partial charge in [0.2, 0.25) is 0 Å². The van der Waals surface area contributed by atoms with Crippen LogP contribution in [-0.2, 0) is 4.74 Å². The molecule has 1 aromatic carbocycles. The van der Waals surface area contributed by atoms with E-state index in [2.05, 4.69) is 32.2 Å². The molecule has 1 rings (SSSR count). The highest BCUT2D eigenvalue weighted by atomic mass is 16.5. The van der Waals surface area contributed by atoms with E-state index in [0.29, 0.717) is 6.04 Å². The molecule has 1 aromatic rings. The van der Waals surface area contributed by atoms with Crippen LogP contribution < -0.4 is 10.1 Å². The summed E-state index contributed by atoms with van der Waals surface area (Å²) in [5.41, 5.74) is 1.17. The van der Waals surface area contributed by atoms with Gasteiger partial charge in [-0.05, 0) is 26.8 Å². The second-order valence-corrected chi connectivity index (χ2v) is 4.36. The van der Waals surface area contributed by atoms with Crippen LogP contribution in [0.1, 0.15) is 32.4 Å². The van der Waals surface area contributed by atoms with Crippen molar-refractivity contribution in [3.8, 4) is 5.75 Å². The highest BCUT2D eigenvalue weighted by Crippen LogP contribution is 2.24. The lowest BCUT2D eigenvalue weighted by Crippen LogP contribution is -2.38. The molecule has 0 heterocycles. The van der Waals surface area contributed by atoms with Gasteiger partial charge in [0.1, 0.15) is 5.75 Å². The van der Waals surface area contributed by atoms with E-state index in [9.17, 15) is 0 Å². The molecule has 0 saturated carbocycles. The second kappa shape index (κ2) is 6.62. The SMILES string of the molecule is COc1ccccc1[C@H](C)NC(C)C(C)OC. The minimum Gasteiger partial charge on any atom is -0.496 e. The fourth-order valence-electron chi connectivity index (χ4n) is 1.85. The van der Waals surface area contributed by atoms with E-state index in [1.54, 1.807) is 14.2 Å². The van der Waals surface area contributed by atoms with Crippen molar-refractivity contribution in [3.05, 3.63) is 29.8 Å². The molecule has 0 aromatic heterocycles. The Bertz CT molecular complexity index is 341. The molecule has 2 unspecified atom stereocenters. The molecule has 0 amide bonds. The van der Waals surface area contributed by atoms with E-state index in [1.165, 1.54) is 5.56 Å². The molecular formula is C14H23NO2. The van der Waals surface area contributed by atoms with Crippen molar-refractivity contribution in [2.75, 3.05) is 14.2 Å². The standard InChI is InChI=1S/C14H23NO2/c1-10(12(3)16-4)15-11(2)13-8-6-7-9-14(13)17-5/h6-12,15H,1-5H3/t10?,11-,12?/m0/s1. The van der Waals surface area contributed by atoms with Gasteiger partial charge >= 0.3 is 0 Å². The Balaban J connectivity index is 2.72. The number of rotatable bonds is 6. The van der Waals surface area contributed by atoms with Gasteiger partial charge in [-0.2, -0.15) is 0 Å². The van der Waals surface area contributed by atoms with Gasteiger partial charge in [0.15, 0.2) is 0 Å². The zero-order valence-electron chi connectivity index (χ0n) is 11.4. The van der Waals surface area contributed by atoms with E-state index >= 15 is 0 Å². The van der Waals surface area contributed by atoms with Crippen molar-refractivity contribution < 1.29 is 9.47 Å². The Hall–Kier alpha value is -1.06. The molecule has 0 fully saturated rings. The molecular weight excluding hydrogens is 214 g/mol. The summed E-state index contributed by atoms with van der Waals surface area (Å²) in [7, 11) is 3.43. The van der Waals surface area contributed by atoms with Crippen LogP contribution in [0.3, 0.4) is 0 Å². The summed E-state index contributed by atoms with van der Waals surface area (Å²) in [5.74, 6) is 0.921. The molecule has 0 aliphatic carbocycles. The molecule has 17 heavy (non-hydrogen) atoms. The van der Waals surface area contributed by atoms with Gasteiger partial charge < -0.3 is 14.8 Å². The first-order valence-corrected chi connectivity index (χ1v) is 6.02. The van der Waals surface area contributed by atoms with Crippen LogP contribution in [0.25, 0.3) is 0 Å². The summed E-state index contributed by atoms with van der Waals surface area (Å²) >= 11 is 0. The first kappa shape index (κ1) is 14.0. The zero-order valence-corrected chi connectivity index (χ0v) is 11.4. The lowest BCUT2D eigenvalue weighted by Gasteiger charge is -2.25. The molecule has 0 aliphatic heterocycles. The van der Waals surface area contributed by atoms with Gasteiger partial charge in [0, 0.05) is 24.8 Å². The van der Waals surface area contributed by atoms with E-state index in [1.807, 2.05) is 18.2 Å². The summed E-state index contributed by atoms with van der Waals surface area (Å²) < 4.78 is 10.7. The number of para-hydroxylation sites is 1. The average Bonchev–Trinajstić information content (AvgIpc) is 2.37. The molecule has 3 heteroatoms. The monoisotopic (exact) mass is 237 g/mol. The molecule has 0 spiro atoms. The average molecular weight is 237 g/mol. The van der Waals surface area contributed by atoms with Crippen LogP contribution in [0.15, 0.2) is 24.3 Å². The molecule has 3 atom stereocenters. The highest BCUT2D eigenvalue weighted by molar-refractivity contribution is 5.35. The molecule has 0 saturated heterocycles. The third-order valence-electron chi connectivity index (χ3n) is 3.19. The molecule has 0 bridgehead atoms. The summed E-state index contributed by atoms with van der Waals surface area (Å²) in [6, 6.07) is 8.61. The maximum absolute atomic E-state index is 5.36. The second-order valence-electron chi connectivity index (χ2n) is 4.36. The summed E-state index contributed by atoms with van der Waals surface area (Å²) in [6.45, 7) is 6.32. The van der Waals surface area contributed by atoms with E-state index in [-0.39, 0.29) is 12.1 Å². The number of nitrogens with one attached hydrogen (secondary N) is 1. The Morgan fingerprint density at radius 2 is 1.71 bits per heavy atom. The highest BCUT2D eigenvalue weighted by Gasteiger charge is 2.16. The van der Waals surface area contributed by atoms with Crippen molar-refractivity contribution in [2.24, 2.45) is 0 Å². The molecule has 0 radical (unpaired) electrons. The van der Waals surface area contributed by atoms with Crippen LogP contribution in [0.4, 0.5) is 0 Å². The van der Waals surface area contributed by atoms with Gasteiger partial charge in [-0.15, -0.1) is 0 Å². The maximum atomic E-state index is 5.36. The van der Waals surface area contributed by atoms with Crippen LogP contribution in [0, 0.1) is 0 Å². The van der Waals surface area contributed by atoms with Crippen LogP contribution in [0.2, 0.25) is 0 Å². The minimum atomic E-state index is 0.187. The molecule has 3 nitrogen and oxygen atoms in total. The van der Waals surface area contributed by atoms with Crippen molar-refractivity contribution >= 4 is 0 Å². The lowest BCUT2D eigenvalue weighted by atomic mass is 10.1. The van der Waals surface area contributed by atoms with Gasteiger partial charge in [0.25, 0.3) is 0 Å². The third-order valence-corrected chi connectivity index (χ3v) is 3.19. The molecule has 1 N–H and O–H groups in total. The smallest absolute Gasteiger partial charge is 0.123 e. The summed E-state index contributed by atoms with van der Waals surface area (Å²) in [4.78, 5) is 0. The van der Waals surface area contributed by atoms with Crippen molar-refractivity contribution in [1.29, 1.82) is 0 Å². The summed E-state index contributed by atoms with van der Waals surface area (Å²) in [5, 5.41) is 3.52. The van der Waals surface area contributed by atoms with Crippen molar-refractivity contribution in [1.82, 2.24) is 5.32 Å². The molecule has 96 valence electrons. The van der Waals surface area contributed by atoms with Gasteiger partial charge in [0.05, 0.1) is 13.2 Å². The number of hydrogen-bond acceptors (Lipinski definition) is 3. The topological polar surface area (TPSA) is 30.5 Å². The number of benzene rings is 1. The fourth-order valence-corrected chi connectivity index (χ4v) is 1.85. The van der Waals surface area contributed by atoms with Gasteiger partial charge in [-0.3, -0.25) is 0 Å². The predicted octanol–water partition coefficient (Wildman–Crippen LogP) is 2.77. The Labute approximate surface area is 104 Å². The van der Waals surface area contributed by atoms with Crippen LogP contribution >= 0.6 is 0 Å². The predicted molar refractivity (Wildman–Crippen MR) is 70.5 cm³/mol. The first-order chi connectivity index (χ1) is 8.10. The number of methoxy groups -OCH3 is 2. The Morgan fingerprint density at radius 1 is 1.06 bits per heavy atom. The minimum absolute atomic E-state index is 0.187. The van der Waals surface area contributed by atoms with E-state index in [0.717, 1.165) is 5.75 Å². The maximum Gasteiger partial charge on any atom is 0.123 e. The largest absolute Gasteiger partial charge is 0.496 e. The Kier molecular flexibility index (Phi) is 5.45. The Morgan fingerprint density at radius 3 is 2.29 bits per heavy atom. The number of ether oxygens (including phenoxy) is 2. The van der Waals surface area contributed by atoms with E-state index < -0.39 is 0 Å². The van der Waals surface area contributed by atoms with E-state index in [4.69, 9.17) is 9.47 Å². The van der Waals surface area contributed by atoms with Gasteiger partial charge in [-0.25, -0.2) is 0 Å². The van der Waals surface area contributed by atoms with Crippen LogP contribution in [-0.4, -0.2) is 26.4 Å². The van der Waals surface area contributed by atoms with Crippen molar-refractivity contribution in [2.45, 2.75) is 39.0 Å². The molecule has 0 aliphatic rings. The lowest BCUT2D eigenvalue weighted by molar-refractivity contribution is 0.0851. The van der Waals surface area contributed by atoms with Crippen LogP contribution in [0.5, 0.6) is 5.75 Å². The summed E-state index contributed by atoms with van der Waals surface area (Å²) in [6.07, 6.45) is 0.187. The number of hydrogen-bond donors (Lipinski definition) is 1. The zero-order chi connectivity index (χ0) is 12.8. The third kappa shape index (κ3) is 3.72. The first-order valence-electron chi connectivity index (χ1n) is 6.02. The van der Waals surface area contributed by atoms with Crippen molar-refractivity contribution in [3.63, 3.8) is 0 Å². The normalized spacial score (nSPS) is 16.3.